The van der Waals surface area contributed by atoms with Gasteiger partial charge in [0.25, 0.3) is 0 Å². The molecule has 0 spiro atoms. The Labute approximate surface area is 106 Å². The third-order valence-corrected chi connectivity index (χ3v) is 3.66. The molecule has 1 aliphatic carbocycles. The Bertz CT molecular complexity index is 365. The molecule has 1 aromatic rings. The van der Waals surface area contributed by atoms with Crippen molar-refractivity contribution >= 4 is 11.6 Å². The van der Waals surface area contributed by atoms with Crippen LogP contribution in [-0.4, -0.2) is 17.8 Å². The van der Waals surface area contributed by atoms with Crippen LogP contribution < -0.4 is 5.32 Å². The first-order valence-corrected chi connectivity index (χ1v) is 6.36. The second kappa shape index (κ2) is 5.80. The lowest BCUT2D eigenvalue weighted by Gasteiger charge is -2.12. The van der Waals surface area contributed by atoms with Gasteiger partial charge in [0, 0.05) is 17.1 Å². The SMILES string of the molecule is OC1CCC(CNCc2c(F)cccc2Cl)C1. The summed E-state index contributed by atoms with van der Waals surface area (Å²) in [5, 5.41) is 13.1. The predicted octanol–water partition coefficient (Wildman–Crippen LogP) is 2.73. The van der Waals surface area contributed by atoms with Gasteiger partial charge in [-0.25, -0.2) is 4.39 Å². The molecule has 2 unspecified atom stereocenters. The Kier molecular flexibility index (Phi) is 4.37. The second-order valence-electron chi connectivity index (χ2n) is 4.66. The number of aliphatic hydroxyl groups is 1. The summed E-state index contributed by atoms with van der Waals surface area (Å²) in [5.74, 6) is 0.229. The third kappa shape index (κ3) is 3.41. The molecule has 2 atom stereocenters. The maximum absolute atomic E-state index is 13.4. The number of halogens is 2. The molecule has 0 aliphatic heterocycles. The molecule has 17 heavy (non-hydrogen) atoms. The highest BCUT2D eigenvalue weighted by molar-refractivity contribution is 6.31. The first kappa shape index (κ1) is 12.8. The number of aliphatic hydroxyl groups excluding tert-OH is 1. The van der Waals surface area contributed by atoms with Gasteiger partial charge in [0.15, 0.2) is 0 Å². The molecule has 94 valence electrons. The molecule has 1 saturated carbocycles. The van der Waals surface area contributed by atoms with Crippen LogP contribution in [0.2, 0.25) is 5.02 Å². The Hall–Kier alpha value is -0.640. The summed E-state index contributed by atoms with van der Waals surface area (Å²) in [5.41, 5.74) is 0.521. The highest BCUT2D eigenvalue weighted by Gasteiger charge is 2.22. The van der Waals surface area contributed by atoms with Gasteiger partial charge in [-0.3, -0.25) is 0 Å². The Morgan fingerprint density at radius 2 is 2.24 bits per heavy atom. The topological polar surface area (TPSA) is 32.3 Å². The molecular formula is C13H17ClFNO. The smallest absolute Gasteiger partial charge is 0.129 e. The van der Waals surface area contributed by atoms with E-state index in [0.717, 1.165) is 25.8 Å². The molecule has 2 rings (SSSR count). The van der Waals surface area contributed by atoms with Crippen LogP contribution in [0, 0.1) is 11.7 Å². The molecule has 2 nitrogen and oxygen atoms in total. The van der Waals surface area contributed by atoms with Gasteiger partial charge in [-0.15, -0.1) is 0 Å². The van der Waals surface area contributed by atoms with E-state index in [-0.39, 0.29) is 11.9 Å². The molecule has 1 aliphatic rings. The fraction of sp³-hybridized carbons (Fsp3) is 0.538. The molecule has 0 bridgehead atoms. The molecule has 0 heterocycles. The first-order chi connectivity index (χ1) is 8.16. The van der Waals surface area contributed by atoms with Gasteiger partial charge in [0.2, 0.25) is 0 Å². The predicted molar refractivity (Wildman–Crippen MR) is 66.5 cm³/mol. The summed E-state index contributed by atoms with van der Waals surface area (Å²) in [7, 11) is 0. The van der Waals surface area contributed by atoms with E-state index in [1.165, 1.54) is 6.07 Å². The second-order valence-corrected chi connectivity index (χ2v) is 5.07. The fourth-order valence-electron chi connectivity index (χ4n) is 2.34. The summed E-state index contributed by atoms with van der Waals surface area (Å²) in [6, 6.07) is 4.72. The molecule has 0 radical (unpaired) electrons. The average molecular weight is 258 g/mol. The third-order valence-electron chi connectivity index (χ3n) is 3.31. The maximum Gasteiger partial charge on any atom is 0.129 e. The zero-order valence-electron chi connectivity index (χ0n) is 9.63. The lowest BCUT2D eigenvalue weighted by Crippen LogP contribution is -2.22. The quantitative estimate of drug-likeness (QED) is 0.869. The van der Waals surface area contributed by atoms with E-state index in [1.807, 2.05) is 0 Å². The molecule has 4 heteroatoms. The van der Waals surface area contributed by atoms with Crippen molar-refractivity contribution in [3.05, 3.63) is 34.6 Å². The zero-order chi connectivity index (χ0) is 12.3. The van der Waals surface area contributed by atoms with E-state index in [2.05, 4.69) is 5.32 Å². The van der Waals surface area contributed by atoms with Crippen LogP contribution in [0.1, 0.15) is 24.8 Å². The molecular weight excluding hydrogens is 241 g/mol. The van der Waals surface area contributed by atoms with Crippen LogP contribution in [-0.2, 0) is 6.54 Å². The highest BCUT2D eigenvalue weighted by Crippen LogP contribution is 2.25. The maximum atomic E-state index is 13.4. The van der Waals surface area contributed by atoms with Gasteiger partial charge >= 0.3 is 0 Å². The number of nitrogens with one attached hydrogen (secondary N) is 1. The lowest BCUT2D eigenvalue weighted by molar-refractivity contribution is 0.177. The van der Waals surface area contributed by atoms with Crippen LogP contribution in [0.4, 0.5) is 4.39 Å². The number of hydrogen-bond acceptors (Lipinski definition) is 2. The van der Waals surface area contributed by atoms with Gasteiger partial charge in [-0.2, -0.15) is 0 Å². The Morgan fingerprint density at radius 1 is 1.41 bits per heavy atom. The monoisotopic (exact) mass is 257 g/mol. The average Bonchev–Trinajstić information content (AvgIpc) is 2.69. The number of hydrogen-bond donors (Lipinski definition) is 2. The van der Waals surface area contributed by atoms with Crippen molar-refractivity contribution in [2.24, 2.45) is 5.92 Å². The summed E-state index contributed by atoms with van der Waals surface area (Å²) in [6.45, 7) is 1.25. The molecule has 0 aromatic heterocycles. The molecule has 1 fully saturated rings. The number of rotatable bonds is 4. The fourth-order valence-corrected chi connectivity index (χ4v) is 2.57. The molecule has 1 aromatic carbocycles. The van der Waals surface area contributed by atoms with E-state index in [0.29, 0.717) is 23.0 Å². The van der Waals surface area contributed by atoms with Crippen molar-refractivity contribution < 1.29 is 9.50 Å². The lowest BCUT2D eigenvalue weighted by atomic mass is 10.1. The van der Waals surface area contributed by atoms with Crippen LogP contribution in [0.3, 0.4) is 0 Å². The summed E-state index contributed by atoms with van der Waals surface area (Å²) < 4.78 is 13.4. The van der Waals surface area contributed by atoms with Crippen molar-refractivity contribution in [2.45, 2.75) is 31.9 Å². The Balaban J connectivity index is 1.82. The highest BCUT2D eigenvalue weighted by atomic mass is 35.5. The van der Waals surface area contributed by atoms with Gasteiger partial charge < -0.3 is 10.4 Å². The van der Waals surface area contributed by atoms with E-state index in [4.69, 9.17) is 11.6 Å². The van der Waals surface area contributed by atoms with E-state index >= 15 is 0 Å². The van der Waals surface area contributed by atoms with Gasteiger partial charge in [-0.05, 0) is 43.9 Å². The minimum absolute atomic E-state index is 0.154. The Morgan fingerprint density at radius 3 is 2.88 bits per heavy atom. The van der Waals surface area contributed by atoms with Gasteiger partial charge in [-0.1, -0.05) is 17.7 Å². The van der Waals surface area contributed by atoms with Crippen molar-refractivity contribution in [3.63, 3.8) is 0 Å². The van der Waals surface area contributed by atoms with Crippen molar-refractivity contribution in [3.8, 4) is 0 Å². The summed E-state index contributed by atoms with van der Waals surface area (Å²) in [6.07, 6.45) is 2.61. The van der Waals surface area contributed by atoms with Crippen molar-refractivity contribution in [2.75, 3.05) is 6.54 Å². The number of benzene rings is 1. The normalized spacial score (nSPS) is 24.2. The van der Waals surface area contributed by atoms with Crippen molar-refractivity contribution in [1.29, 1.82) is 0 Å². The largest absolute Gasteiger partial charge is 0.393 e. The van der Waals surface area contributed by atoms with Crippen LogP contribution in [0.5, 0.6) is 0 Å². The summed E-state index contributed by atoms with van der Waals surface area (Å²) >= 11 is 5.93. The van der Waals surface area contributed by atoms with Gasteiger partial charge in [0.05, 0.1) is 6.10 Å². The van der Waals surface area contributed by atoms with Crippen LogP contribution >= 0.6 is 11.6 Å². The van der Waals surface area contributed by atoms with Gasteiger partial charge in [0.1, 0.15) is 5.82 Å². The molecule has 2 N–H and O–H groups in total. The van der Waals surface area contributed by atoms with E-state index < -0.39 is 0 Å². The van der Waals surface area contributed by atoms with Crippen LogP contribution in [0.25, 0.3) is 0 Å². The van der Waals surface area contributed by atoms with E-state index in [9.17, 15) is 9.50 Å². The van der Waals surface area contributed by atoms with Crippen LogP contribution in [0.15, 0.2) is 18.2 Å². The molecule has 0 amide bonds. The van der Waals surface area contributed by atoms with E-state index in [1.54, 1.807) is 12.1 Å². The first-order valence-electron chi connectivity index (χ1n) is 5.98. The minimum atomic E-state index is -0.267. The molecule has 0 saturated heterocycles. The minimum Gasteiger partial charge on any atom is -0.393 e. The standard InChI is InChI=1S/C13H17ClFNO/c14-12-2-1-3-13(15)11(12)8-16-7-9-4-5-10(17)6-9/h1-3,9-10,16-17H,4-8H2. The van der Waals surface area contributed by atoms with Crippen molar-refractivity contribution in [1.82, 2.24) is 5.32 Å². The zero-order valence-corrected chi connectivity index (χ0v) is 10.4. The summed E-state index contributed by atoms with van der Waals surface area (Å²) in [4.78, 5) is 0.